The average molecular weight is 261 g/mol. The number of benzene rings is 1. The van der Waals surface area contributed by atoms with Crippen molar-refractivity contribution >= 4 is 11.6 Å². The monoisotopic (exact) mass is 261 g/mol. The van der Waals surface area contributed by atoms with Gasteiger partial charge in [0.05, 0.1) is 0 Å². The van der Waals surface area contributed by atoms with E-state index in [0.717, 1.165) is 31.7 Å². The molecule has 1 aromatic rings. The number of anilines is 1. The van der Waals surface area contributed by atoms with Crippen molar-refractivity contribution in [2.24, 2.45) is 5.92 Å². The Morgan fingerprint density at radius 2 is 2.32 bits per heavy atom. The lowest BCUT2D eigenvalue weighted by molar-refractivity contribution is 0.0947. The van der Waals surface area contributed by atoms with E-state index in [0.29, 0.717) is 17.2 Å². The molecule has 3 N–H and O–H groups in total. The van der Waals surface area contributed by atoms with Crippen LogP contribution < -0.4 is 11.1 Å². The van der Waals surface area contributed by atoms with Gasteiger partial charge in [-0.05, 0) is 50.0 Å². The molecule has 0 bridgehead atoms. The van der Waals surface area contributed by atoms with Crippen molar-refractivity contribution in [1.29, 1.82) is 0 Å². The fourth-order valence-corrected chi connectivity index (χ4v) is 2.58. The number of nitrogen functional groups attached to an aromatic ring is 1. The summed E-state index contributed by atoms with van der Waals surface area (Å²) < 4.78 is 0. The molecule has 2 rings (SSSR count). The summed E-state index contributed by atoms with van der Waals surface area (Å²) in [5.74, 6) is 0.560. The molecule has 4 heteroatoms. The first-order chi connectivity index (χ1) is 9.10. The molecule has 1 atom stereocenters. The predicted molar refractivity (Wildman–Crippen MR) is 78.1 cm³/mol. The van der Waals surface area contributed by atoms with Gasteiger partial charge in [0.15, 0.2) is 0 Å². The summed E-state index contributed by atoms with van der Waals surface area (Å²) in [5.41, 5.74) is 8.02. The maximum Gasteiger partial charge on any atom is 0.251 e. The van der Waals surface area contributed by atoms with Gasteiger partial charge in [-0.15, -0.1) is 0 Å². The van der Waals surface area contributed by atoms with Crippen LogP contribution >= 0.6 is 0 Å². The van der Waals surface area contributed by atoms with E-state index in [1.165, 1.54) is 6.42 Å². The third kappa shape index (κ3) is 3.47. The number of hydrogen-bond acceptors (Lipinski definition) is 3. The Morgan fingerprint density at radius 1 is 1.53 bits per heavy atom. The normalized spacial score (nSPS) is 19.6. The van der Waals surface area contributed by atoms with Crippen LogP contribution in [0.25, 0.3) is 0 Å². The van der Waals surface area contributed by atoms with Gasteiger partial charge in [-0.2, -0.15) is 0 Å². The number of carbonyl (C=O) groups is 1. The number of carbonyl (C=O) groups excluding carboxylic acids is 1. The van der Waals surface area contributed by atoms with Crippen molar-refractivity contribution in [3.8, 4) is 0 Å². The summed E-state index contributed by atoms with van der Waals surface area (Å²) in [6.07, 6.45) is 1.17. The van der Waals surface area contributed by atoms with E-state index in [2.05, 4.69) is 17.1 Å². The van der Waals surface area contributed by atoms with E-state index in [1.54, 1.807) is 6.07 Å². The third-order valence-electron chi connectivity index (χ3n) is 3.87. The highest BCUT2D eigenvalue weighted by molar-refractivity contribution is 5.96. The maximum absolute atomic E-state index is 12.1. The van der Waals surface area contributed by atoms with Crippen LogP contribution in [0.2, 0.25) is 0 Å². The van der Waals surface area contributed by atoms with Gasteiger partial charge in [0, 0.05) is 24.3 Å². The molecule has 1 fully saturated rings. The molecule has 4 nitrogen and oxygen atoms in total. The summed E-state index contributed by atoms with van der Waals surface area (Å²) in [6.45, 7) is 8.20. The Hall–Kier alpha value is -1.55. The van der Waals surface area contributed by atoms with E-state index < -0.39 is 0 Å². The molecule has 0 aliphatic carbocycles. The first kappa shape index (κ1) is 13.9. The number of rotatable bonds is 4. The van der Waals surface area contributed by atoms with Gasteiger partial charge in [-0.3, -0.25) is 4.79 Å². The molecule has 1 unspecified atom stereocenters. The van der Waals surface area contributed by atoms with Gasteiger partial charge in [0.2, 0.25) is 0 Å². The summed E-state index contributed by atoms with van der Waals surface area (Å²) in [6, 6.07) is 5.46. The molecular formula is C15H23N3O. The average Bonchev–Trinajstić information content (AvgIpc) is 2.87. The second kappa shape index (κ2) is 6.06. The molecule has 0 saturated carbocycles. The van der Waals surface area contributed by atoms with Crippen LogP contribution in [0.4, 0.5) is 5.69 Å². The highest BCUT2D eigenvalue weighted by atomic mass is 16.1. The fourth-order valence-electron chi connectivity index (χ4n) is 2.58. The van der Waals surface area contributed by atoms with Gasteiger partial charge in [0.25, 0.3) is 5.91 Å². The molecule has 1 amide bonds. The first-order valence-corrected chi connectivity index (χ1v) is 6.96. The molecule has 1 heterocycles. The Balaban J connectivity index is 1.89. The van der Waals surface area contributed by atoms with Gasteiger partial charge < -0.3 is 16.0 Å². The van der Waals surface area contributed by atoms with E-state index in [4.69, 9.17) is 5.73 Å². The van der Waals surface area contributed by atoms with E-state index in [9.17, 15) is 4.79 Å². The second-order valence-electron chi connectivity index (χ2n) is 5.33. The number of aryl methyl sites for hydroxylation is 1. The topological polar surface area (TPSA) is 58.4 Å². The van der Waals surface area contributed by atoms with Crippen molar-refractivity contribution in [1.82, 2.24) is 10.2 Å². The maximum atomic E-state index is 12.1. The lowest BCUT2D eigenvalue weighted by Gasteiger charge is -2.14. The van der Waals surface area contributed by atoms with Crippen molar-refractivity contribution in [2.45, 2.75) is 20.3 Å². The largest absolute Gasteiger partial charge is 0.399 e. The Morgan fingerprint density at radius 3 is 3.00 bits per heavy atom. The number of amides is 1. The Kier molecular flexibility index (Phi) is 4.43. The van der Waals surface area contributed by atoms with Gasteiger partial charge in [-0.1, -0.05) is 13.0 Å². The minimum atomic E-state index is -0.0141. The molecule has 1 aliphatic rings. The molecule has 19 heavy (non-hydrogen) atoms. The van der Waals surface area contributed by atoms with Crippen LogP contribution in [0.3, 0.4) is 0 Å². The molecule has 0 aromatic heterocycles. The molecule has 0 spiro atoms. The SMILES string of the molecule is CCN1CCC(CNC(=O)c2cc(N)ccc2C)C1. The van der Waals surface area contributed by atoms with E-state index >= 15 is 0 Å². The zero-order valence-corrected chi connectivity index (χ0v) is 11.8. The van der Waals surface area contributed by atoms with Gasteiger partial charge in [0.1, 0.15) is 0 Å². The molecule has 0 radical (unpaired) electrons. The van der Waals surface area contributed by atoms with Crippen LogP contribution in [0, 0.1) is 12.8 Å². The van der Waals surface area contributed by atoms with Crippen molar-refractivity contribution < 1.29 is 4.79 Å². The predicted octanol–water partition coefficient (Wildman–Crippen LogP) is 1.65. The van der Waals surface area contributed by atoms with Crippen LogP contribution in [0.15, 0.2) is 18.2 Å². The second-order valence-corrected chi connectivity index (χ2v) is 5.33. The smallest absolute Gasteiger partial charge is 0.251 e. The number of likely N-dealkylation sites (tertiary alicyclic amines) is 1. The molecule has 1 aromatic carbocycles. The van der Waals surface area contributed by atoms with Crippen molar-refractivity contribution in [3.63, 3.8) is 0 Å². The summed E-state index contributed by atoms with van der Waals surface area (Å²) >= 11 is 0. The number of nitrogens with zero attached hydrogens (tertiary/aromatic N) is 1. The van der Waals surface area contributed by atoms with Crippen LogP contribution in [0.5, 0.6) is 0 Å². The lowest BCUT2D eigenvalue weighted by atomic mass is 10.1. The molecule has 1 saturated heterocycles. The fraction of sp³-hybridized carbons (Fsp3) is 0.533. The lowest BCUT2D eigenvalue weighted by Crippen LogP contribution is -2.31. The van der Waals surface area contributed by atoms with Gasteiger partial charge in [-0.25, -0.2) is 0 Å². The summed E-state index contributed by atoms with van der Waals surface area (Å²) in [4.78, 5) is 14.6. The Labute approximate surface area is 115 Å². The standard InChI is InChI=1S/C15H23N3O/c1-3-18-7-6-12(10-18)9-17-15(19)14-8-13(16)5-4-11(14)2/h4-5,8,12H,3,6-7,9-10,16H2,1-2H3,(H,17,19). The minimum Gasteiger partial charge on any atom is -0.399 e. The highest BCUT2D eigenvalue weighted by Gasteiger charge is 2.21. The van der Waals surface area contributed by atoms with Crippen LogP contribution in [-0.4, -0.2) is 37.0 Å². The molecule has 1 aliphatic heterocycles. The van der Waals surface area contributed by atoms with Crippen LogP contribution in [-0.2, 0) is 0 Å². The molecular weight excluding hydrogens is 238 g/mol. The Bertz CT molecular complexity index is 459. The van der Waals surface area contributed by atoms with E-state index in [1.807, 2.05) is 19.1 Å². The highest BCUT2D eigenvalue weighted by Crippen LogP contribution is 2.16. The van der Waals surface area contributed by atoms with E-state index in [-0.39, 0.29) is 5.91 Å². The number of nitrogens with one attached hydrogen (secondary N) is 1. The number of nitrogens with two attached hydrogens (primary N) is 1. The quantitative estimate of drug-likeness (QED) is 0.810. The third-order valence-corrected chi connectivity index (χ3v) is 3.87. The van der Waals surface area contributed by atoms with Crippen molar-refractivity contribution in [2.75, 3.05) is 31.9 Å². The summed E-state index contributed by atoms with van der Waals surface area (Å²) in [5, 5.41) is 3.03. The van der Waals surface area contributed by atoms with Crippen LogP contribution in [0.1, 0.15) is 29.3 Å². The zero-order chi connectivity index (χ0) is 13.8. The molecule has 104 valence electrons. The van der Waals surface area contributed by atoms with Crippen molar-refractivity contribution in [3.05, 3.63) is 29.3 Å². The van der Waals surface area contributed by atoms with Gasteiger partial charge >= 0.3 is 0 Å². The first-order valence-electron chi connectivity index (χ1n) is 6.96. The minimum absolute atomic E-state index is 0.0141. The summed E-state index contributed by atoms with van der Waals surface area (Å²) in [7, 11) is 0. The number of hydrogen-bond donors (Lipinski definition) is 2. The zero-order valence-electron chi connectivity index (χ0n) is 11.8.